The van der Waals surface area contributed by atoms with Crippen LogP contribution < -0.4 is 5.32 Å². The Morgan fingerprint density at radius 1 is 1.27 bits per heavy atom. The highest BCUT2D eigenvalue weighted by Gasteiger charge is 2.13. The predicted molar refractivity (Wildman–Crippen MR) is 68.5 cm³/mol. The van der Waals surface area contributed by atoms with Crippen molar-refractivity contribution in [1.82, 2.24) is 5.32 Å². The van der Waals surface area contributed by atoms with Crippen molar-refractivity contribution in [3.8, 4) is 0 Å². The van der Waals surface area contributed by atoms with E-state index in [9.17, 15) is 5.11 Å². The third kappa shape index (κ3) is 7.20. The van der Waals surface area contributed by atoms with Gasteiger partial charge in [0.05, 0.1) is 5.60 Å². The maximum absolute atomic E-state index is 9.52. The summed E-state index contributed by atoms with van der Waals surface area (Å²) in [4.78, 5) is 0. The Hall–Kier alpha value is 0.270. The fraction of sp³-hybridized carbons (Fsp3) is 1.00. The summed E-state index contributed by atoms with van der Waals surface area (Å²) < 4.78 is 0. The first-order valence-corrected chi connectivity index (χ1v) is 7.27. The number of aliphatic hydroxyl groups is 1. The van der Waals surface area contributed by atoms with Gasteiger partial charge < -0.3 is 10.4 Å². The van der Waals surface area contributed by atoms with Gasteiger partial charge >= 0.3 is 0 Å². The maximum Gasteiger partial charge on any atom is 0.0681 e. The van der Waals surface area contributed by atoms with Gasteiger partial charge in [-0.05, 0) is 26.7 Å². The average Bonchev–Trinajstić information content (AvgIpc) is 2.17. The SMILES string of the molecule is CC(C)(O)CSCCNC1CCCCC1. The van der Waals surface area contributed by atoms with Gasteiger partial charge in [0.1, 0.15) is 0 Å². The van der Waals surface area contributed by atoms with Crippen molar-refractivity contribution in [2.75, 3.05) is 18.1 Å². The zero-order valence-corrected chi connectivity index (χ0v) is 10.9. The lowest BCUT2D eigenvalue weighted by molar-refractivity contribution is 0.107. The second kappa shape index (κ2) is 6.77. The van der Waals surface area contributed by atoms with Crippen LogP contribution in [-0.2, 0) is 0 Å². The highest BCUT2D eigenvalue weighted by atomic mass is 32.2. The molecule has 0 spiro atoms. The molecule has 1 rings (SSSR count). The Morgan fingerprint density at radius 3 is 2.53 bits per heavy atom. The van der Waals surface area contributed by atoms with Gasteiger partial charge in [-0.3, -0.25) is 0 Å². The predicted octanol–water partition coefficient (Wildman–Crippen LogP) is 2.41. The molecule has 0 aliphatic heterocycles. The molecule has 0 heterocycles. The van der Waals surface area contributed by atoms with E-state index >= 15 is 0 Å². The first kappa shape index (κ1) is 13.3. The molecule has 0 atom stereocenters. The lowest BCUT2D eigenvalue weighted by Crippen LogP contribution is -2.33. The molecular weight excluding hydrogens is 206 g/mol. The lowest BCUT2D eigenvalue weighted by Gasteiger charge is -2.23. The normalized spacial score (nSPS) is 19.4. The molecule has 0 amide bonds. The van der Waals surface area contributed by atoms with Crippen LogP contribution in [0.5, 0.6) is 0 Å². The Balaban J connectivity index is 1.92. The molecule has 1 aliphatic carbocycles. The topological polar surface area (TPSA) is 32.3 Å². The van der Waals surface area contributed by atoms with Crippen molar-refractivity contribution in [1.29, 1.82) is 0 Å². The molecule has 0 aromatic rings. The summed E-state index contributed by atoms with van der Waals surface area (Å²) in [6, 6.07) is 0.765. The molecule has 90 valence electrons. The van der Waals surface area contributed by atoms with Crippen LogP contribution in [0.4, 0.5) is 0 Å². The molecule has 1 saturated carbocycles. The first-order valence-electron chi connectivity index (χ1n) is 6.11. The van der Waals surface area contributed by atoms with Gasteiger partial charge in [0.25, 0.3) is 0 Å². The highest BCUT2D eigenvalue weighted by Crippen LogP contribution is 2.17. The van der Waals surface area contributed by atoms with Crippen LogP contribution in [0.1, 0.15) is 46.0 Å². The van der Waals surface area contributed by atoms with E-state index in [2.05, 4.69) is 5.32 Å². The van der Waals surface area contributed by atoms with Gasteiger partial charge in [0, 0.05) is 24.1 Å². The molecule has 0 saturated heterocycles. The minimum Gasteiger partial charge on any atom is -0.390 e. The number of nitrogens with one attached hydrogen (secondary N) is 1. The zero-order valence-electron chi connectivity index (χ0n) is 10.1. The summed E-state index contributed by atoms with van der Waals surface area (Å²) in [5.41, 5.74) is -0.518. The fourth-order valence-corrected chi connectivity index (χ4v) is 2.87. The summed E-state index contributed by atoms with van der Waals surface area (Å²) in [7, 11) is 0. The summed E-state index contributed by atoms with van der Waals surface area (Å²) >= 11 is 1.84. The first-order chi connectivity index (χ1) is 7.08. The van der Waals surface area contributed by atoms with Gasteiger partial charge in [-0.25, -0.2) is 0 Å². The van der Waals surface area contributed by atoms with E-state index in [1.807, 2.05) is 25.6 Å². The summed E-state index contributed by atoms with van der Waals surface area (Å²) in [5, 5.41) is 13.1. The van der Waals surface area contributed by atoms with Crippen LogP contribution in [-0.4, -0.2) is 34.8 Å². The molecule has 0 radical (unpaired) electrons. The van der Waals surface area contributed by atoms with E-state index in [1.165, 1.54) is 32.1 Å². The molecule has 0 aromatic heterocycles. The average molecular weight is 231 g/mol. The van der Waals surface area contributed by atoms with Gasteiger partial charge in [-0.2, -0.15) is 11.8 Å². The maximum atomic E-state index is 9.52. The third-order valence-electron chi connectivity index (χ3n) is 2.74. The van der Waals surface area contributed by atoms with Crippen LogP contribution in [0.25, 0.3) is 0 Å². The van der Waals surface area contributed by atoms with Crippen LogP contribution in [0.3, 0.4) is 0 Å². The number of hydrogen-bond donors (Lipinski definition) is 2. The Labute approximate surface area is 98.2 Å². The highest BCUT2D eigenvalue weighted by molar-refractivity contribution is 7.99. The van der Waals surface area contributed by atoms with Crippen LogP contribution >= 0.6 is 11.8 Å². The van der Waals surface area contributed by atoms with Crippen molar-refractivity contribution in [3.63, 3.8) is 0 Å². The Bertz CT molecular complexity index is 161. The molecule has 1 aliphatic rings. The van der Waals surface area contributed by atoms with Crippen molar-refractivity contribution in [2.24, 2.45) is 0 Å². The van der Waals surface area contributed by atoms with E-state index in [4.69, 9.17) is 0 Å². The standard InChI is InChI=1S/C12H25NOS/c1-12(2,14)10-15-9-8-13-11-6-4-3-5-7-11/h11,13-14H,3-10H2,1-2H3. The van der Waals surface area contributed by atoms with E-state index in [0.717, 1.165) is 24.1 Å². The molecule has 15 heavy (non-hydrogen) atoms. The van der Waals surface area contributed by atoms with Crippen molar-refractivity contribution < 1.29 is 5.11 Å². The quantitative estimate of drug-likeness (QED) is 0.689. The summed E-state index contributed by atoms with van der Waals surface area (Å²) in [6.45, 7) is 4.83. The molecule has 0 bridgehead atoms. The largest absolute Gasteiger partial charge is 0.390 e. The zero-order chi connectivity index (χ0) is 11.1. The Morgan fingerprint density at radius 2 is 1.93 bits per heavy atom. The third-order valence-corrected chi connectivity index (χ3v) is 4.14. The van der Waals surface area contributed by atoms with Gasteiger partial charge in [0.15, 0.2) is 0 Å². The summed E-state index contributed by atoms with van der Waals surface area (Å²) in [5.74, 6) is 1.94. The molecular formula is C12H25NOS. The number of rotatable bonds is 6. The van der Waals surface area contributed by atoms with Gasteiger partial charge in [0.2, 0.25) is 0 Å². The van der Waals surface area contributed by atoms with Crippen LogP contribution in [0.15, 0.2) is 0 Å². The fourth-order valence-electron chi connectivity index (χ4n) is 1.96. The minimum absolute atomic E-state index is 0.518. The molecule has 3 heteroatoms. The molecule has 1 fully saturated rings. The summed E-state index contributed by atoms with van der Waals surface area (Å²) in [6.07, 6.45) is 6.93. The van der Waals surface area contributed by atoms with Crippen molar-refractivity contribution in [2.45, 2.75) is 57.6 Å². The smallest absolute Gasteiger partial charge is 0.0681 e. The Kier molecular flexibility index (Phi) is 6.02. The molecule has 2 N–H and O–H groups in total. The second-order valence-electron chi connectivity index (χ2n) is 5.15. The number of thioether (sulfide) groups is 1. The van der Waals surface area contributed by atoms with Gasteiger partial charge in [-0.15, -0.1) is 0 Å². The monoisotopic (exact) mass is 231 g/mol. The number of hydrogen-bond acceptors (Lipinski definition) is 3. The minimum atomic E-state index is -0.518. The van der Waals surface area contributed by atoms with E-state index in [1.54, 1.807) is 0 Å². The van der Waals surface area contributed by atoms with Crippen molar-refractivity contribution in [3.05, 3.63) is 0 Å². The van der Waals surface area contributed by atoms with E-state index < -0.39 is 5.60 Å². The van der Waals surface area contributed by atoms with E-state index in [0.29, 0.717) is 0 Å². The van der Waals surface area contributed by atoms with Crippen LogP contribution in [0.2, 0.25) is 0 Å². The van der Waals surface area contributed by atoms with Gasteiger partial charge in [-0.1, -0.05) is 19.3 Å². The molecule has 0 unspecified atom stereocenters. The lowest BCUT2D eigenvalue weighted by atomic mass is 9.96. The van der Waals surface area contributed by atoms with E-state index in [-0.39, 0.29) is 0 Å². The van der Waals surface area contributed by atoms with Crippen LogP contribution in [0, 0.1) is 0 Å². The molecule has 0 aromatic carbocycles. The van der Waals surface area contributed by atoms with Crippen molar-refractivity contribution >= 4 is 11.8 Å². The molecule has 2 nitrogen and oxygen atoms in total. The second-order valence-corrected chi connectivity index (χ2v) is 6.26.